The van der Waals surface area contributed by atoms with Gasteiger partial charge in [-0.2, -0.15) is 4.39 Å². The summed E-state index contributed by atoms with van der Waals surface area (Å²) in [6.45, 7) is 2.02. The first-order chi connectivity index (χ1) is 14.8. The highest BCUT2D eigenvalue weighted by Crippen LogP contribution is 2.18. The Labute approximate surface area is 182 Å². The lowest BCUT2D eigenvalue weighted by molar-refractivity contribution is -0.110. The van der Waals surface area contributed by atoms with Crippen LogP contribution in [0.15, 0.2) is 40.5 Å². The third-order valence-electron chi connectivity index (χ3n) is 4.16. The molecule has 0 spiro atoms. The quantitative estimate of drug-likeness (QED) is 0.367. The maximum Gasteiger partial charge on any atom is 0.280 e. The zero-order chi connectivity index (χ0) is 22.4. The van der Waals surface area contributed by atoms with Crippen molar-refractivity contribution < 1.29 is 32.3 Å². The van der Waals surface area contributed by atoms with Gasteiger partial charge in [-0.15, -0.1) is 0 Å². The minimum atomic E-state index is -3.85. The van der Waals surface area contributed by atoms with Crippen LogP contribution in [0.2, 0.25) is 0 Å². The molecule has 1 amide bonds. The Morgan fingerprint density at radius 3 is 2.77 bits per heavy atom. The average Bonchev–Trinajstić information content (AvgIpc) is 3.40. The smallest absolute Gasteiger partial charge is 0.280 e. The molecular weight excluding hydrogens is 451 g/mol. The van der Waals surface area contributed by atoms with Gasteiger partial charge in [0, 0.05) is 18.0 Å². The van der Waals surface area contributed by atoms with Crippen molar-refractivity contribution in [2.45, 2.75) is 30.4 Å². The number of nitrogens with one attached hydrogen (secondary N) is 2. The molecule has 0 unspecified atom stereocenters. The predicted molar refractivity (Wildman–Crippen MR) is 111 cm³/mol. The molecule has 1 aromatic carbocycles. The molecule has 1 aromatic heterocycles. The Bertz CT molecular complexity index is 1040. The monoisotopic (exact) mass is 472 g/mol. The zero-order valence-corrected chi connectivity index (χ0v) is 18.1. The second kappa shape index (κ2) is 10.2. The summed E-state index contributed by atoms with van der Waals surface area (Å²) in [5, 5.41) is 14.9. The van der Waals surface area contributed by atoms with Crippen LogP contribution in [0.3, 0.4) is 0 Å². The first-order valence-corrected chi connectivity index (χ1v) is 11.6. The lowest BCUT2D eigenvalue weighted by Gasteiger charge is -2.12. The molecule has 31 heavy (non-hydrogen) atoms. The van der Waals surface area contributed by atoms with Crippen molar-refractivity contribution in [2.75, 3.05) is 25.1 Å². The molecule has 2 atom stereocenters. The fourth-order valence-electron chi connectivity index (χ4n) is 2.58. The van der Waals surface area contributed by atoms with Crippen LogP contribution >= 0.6 is 11.3 Å². The number of hydrogen-bond donors (Lipinski definition) is 3. The molecule has 10 nitrogen and oxygen atoms in total. The van der Waals surface area contributed by atoms with E-state index in [4.69, 9.17) is 14.7 Å². The molecule has 1 aliphatic rings. The van der Waals surface area contributed by atoms with E-state index in [-0.39, 0.29) is 34.0 Å². The van der Waals surface area contributed by atoms with Crippen molar-refractivity contribution in [3.63, 3.8) is 0 Å². The molecule has 2 heterocycles. The van der Waals surface area contributed by atoms with Gasteiger partial charge in [-0.25, -0.2) is 18.1 Å². The van der Waals surface area contributed by atoms with Crippen LogP contribution in [0.1, 0.15) is 18.9 Å². The van der Waals surface area contributed by atoms with Crippen LogP contribution in [0.5, 0.6) is 0 Å². The molecule has 2 aromatic rings. The Balaban J connectivity index is 1.83. The number of nitrogens with zero attached hydrogens (tertiary/aromatic N) is 2. The molecule has 0 bridgehead atoms. The minimum Gasteiger partial charge on any atom is -0.395 e. The molecule has 168 valence electrons. The van der Waals surface area contributed by atoms with E-state index < -0.39 is 27.1 Å². The molecule has 1 fully saturated rings. The van der Waals surface area contributed by atoms with Crippen molar-refractivity contribution in [1.29, 1.82) is 0 Å². The number of carbonyl (C=O) groups excluding carboxylic acids is 1. The van der Waals surface area contributed by atoms with E-state index >= 15 is 0 Å². The van der Waals surface area contributed by atoms with Gasteiger partial charge in [0.2, 0.25) is 10.0 Å². The third-order valence-corrected chi connectivity index (χ3v) is 6.47. The number of aromatic nitrogens is 1. The highest BCUT2D eigenvalue weighted by Gasteiger charge is 2.22. The molecule has 3 rings (SSSR count). The molecule has 13 heteroatoms. The molecule has 1 aliphatic heterocycles. The van der Waals surface area contributed by atoms with Gasteiger partial charge in [-0.1, -0.05) is 28.6 Å². The first-order valence-electron chi connectivity index (χ1n) is 9.26. The summed E-state index contributed by atoms with van der Waals surface area (Å²) in [7, 11) is -3.85. The minimum absolute atomic E-state index is 0.0424. The normalized spacial score (nSPS) is 18.0. The number of sulfonamides is 1. The molecule has 1 saturated heterocycles. The van der Waals surface area contributed by atoms with Crippen LogP contribution in [0.4, 0.5) is 9.52 Å². The van der Waals surface area contributed by atoms with E-state index in [2.05, 4.69) is 20.2 Å². The van der Waals surface area contributed by atoms with Gasteiger partial charge >= 0.3 is 0 Å². The lowest BCUT2D eigenvalue weighted by atomic mass is 10.1. The lowest BCUT2D eigenvalue weighted by Crippen LogP contribution is -2.35. The van der Waals surface area contributed by atoms with E-state index in [0.29, 0.717) is 31.0 Å². The van der Waals surface area contributed by atoms with Gasteiger partial charge in [0.05, 0.1) is 30.9 Å². The zero-order valence-electron chi connectivity index (χ0n) is 16.4. The van der Waals surface area contributed by atoms with Gasteiger partial charge < -0.3 is 14.7 Å². The number of rotatable bonds is 9. The number of amides is 1. The number of hydrogen-bond acceptors (Lipinski definition) is 9. The Morgan fingerprint density at radius 2 is 2.19 bits per heavy atom. The van der Waals surface area contributed by atoms with Crippen LogP contribution in [0.25, 0.3) is 0 Å². The van der Waals surface area contributed by atoms with E-state index in [1.54, 1.807) is 0 Å². The Hall–Kier alpha value is -2.45. The summed E-state index contributed by atoms with van der Waals surface area (Å²) < 4.78 is 45.4. The SMILES string of the molecule is C[C@@H](CO)NS(=O)(=O)c1ccc(C(=NO[C@@H]2CCOC2)C(=O)Nc2ncc(F)s2)cc1. The number of benzene rings is 1. The number of anilines is 1. The summed E-state index contributed by atoms with van der Waals surface area (Å²) >= 11 is 0.652. The fourth-order valence-corrected chi connectivity index (χ4v) is 4.35. The topological polar surface area (TPSA) is 139 Å². The van der Waals surface area contributed by atoms with Crippen molar-refractivity contribution in [2.24, 2.45) is 5.16 Å². The molecule has 3 N–H and O–H groups in total. The summed E-state index contributed by atoms with van der Waals surface area (Å²) in [6.07, 6.45) is 1.27. The largest absolute Gasteiger partial charge is 0.395 e. The van der Waals surface area contributed by atoms with Crippen molar-refractivity contribution in [3.8, 4) is 0 Å². The van der Waals surface area contributed by atoms with Crippen LogP contribution in [0, 0.1) is 5.13 Å². The molecule has 0 radical (unpaired) electrons. The van der Waals surface area contributed by atoms with Crippen molar-refractivity contribution >= 4 is 38.1 Å². The highest BCUT2D eigenvalue weighted by molar-refractivity contribution is 7.89. The Morgan fingerprint density at radius 1 is 1.45 bits per heavy atom. The van der Waals surface area contributed by atoms with E-state index in [0.717, 1.165) is 6.20 Å². The number of thiazole rings is 1. The number of ether oxygens (including phenoxy) is 1. The fraction of sp³-hybridized carbons (Fsp3) is 0.389. The number of aliphatic hydroxyl groups excluding tert-OH is 1. The van der Waals surface area contributed by atoms with Gasteiger partial charge in [0.25, 0.3) is 5.91 Å². The van der Waals surface area contributed by atoms with Crippen LogP contribution in [-0.4, -0.2) is 62.1 Å². The van der Waals surface area contributed by atoms with E-state index in [1.165, 1.54) is 31.2 Å². The maximum absolute atomic E-state index is 13.2. The number of halogens is 1. The Kier molecular flexibility index (Phi) is 7.67. The predicted octanol–water partition coefficient (Wildman–Crippen LogP) is 1.09. The van der Waals surface area contributed by atoms with E-state index in [1.807, 2.05) is 0 Å². The van der Waals surface area contributed by atoms with Crippen molar-refractivity contribution in [1.82, 2.24) is 9.71 Å². The second-order valence-electron chi connectivity index (χ2n) is 6.68. The summed E-state index contributed by atoms with van der Waals surface area (Å²) in [5.41, 5.74) is 0.144. The summed E-state index contributed by atoms with van der Waals surface area (Å²) in [4.78, 5) is 21.8. The summed E-state index contributed by atoms with van der Waals surface area (Å²) in [6, 6.07) is 4.73. The average molecular weight is 473 g/mol. The molecule has 0 aliphatic carbocycles. The molecule has 0 saturated carbocycles. The summed E-state index contributed by atoms with van der Waals surface area (Å²) in [5.74, 6) is -0.698. The molecular formula is C18H21FN4O6S2. The standard InChI is InChI=1S/C18H21FN4O6S2/c1-11(9-24)23-31(26,27)14-4-2-12(3-5-14)16(22-29-13-6-7-28-10-13)17(25)21-18-20-8-15(19)30-18/h2-5,8,11,13,23-24H,6-7,9-10H2,1H3,(H,20,21,25)/t11-,13+/m0/s1. The van der Waals surface area contributed by atoms with Gasteiger partial charge in [-0.3, -0.25) is 10.1 Å². The van der Waals surface area contributed by atoms with Crippen molar-refractivity contribution in [3.05, 3.63) is 41.2 Å². The van der Waals surface area contributed by atoms with Gasteiger partial charge in [-0.05, 0) is 19.1 Å². The second-order valence-corrected chi connectivity index (χ2v) is 9.38. The van der Waals surface area contributed by atoms with Gasteiger partial charge in [0.1, 0.15) is 0 Å². The van der Waals surface area contributed by atoms with Crippen LogP contribution < -0.4 is 10.0 Å². The maximum atomic E-state index is 13.2. The van der Waals surface area contributed by atoms with Gasteiger partial charge in [0.15, 0.2) is 22.1 Å². The van der Waals surface area contributed by atoms with Crippen LogP contribution in [-0.2, 0) is 24.4 Å². The third kappa shape index (κ3) is 6.27. The number of oxime groups is 1. The van der Waals surface area contributed by atoms with E-state index in [9.17, 15) is 17.6 Å². The number of carbonyl (C=O) groups is 1. The number of aliphatic hydroxyl groups is 1. The highest BCUT2D eigenvalue weighted by atomic mass is 32.2. The first kappa shape index (κ1) is 23.2.